The number of carbonyl (C=O) groups excluding carboxylic acids is 1. The maximum Gasteiger partial charge on any atom is 0.228 e. The van der Waals surface area contributed by atoms with E-state index < -0.39 is 0 Å². The van der Waals surface area contributed by atoms with Gasteiger partial charge >= 0.3 is 0 Å². The van der Waals surface area contributed by atoms with Crippen LogP contribution in [-0.4, -0.2) is 37.0 Å². The largest absolute Gasteiger partial charge is 0.342 e. The number of hydrogen-bond acceptors (Lipinski definition) is 2. The van der Waals surface area contributed by atoms with Gasteiger partial charge in [-0.15, -0.1) is 12.4 Å². The topological polar surface area (TPSA) is 32.3 Å². The van der Waals surface area contributed by atoms with Crippen molar-refractivity contribution in [2.75, 3.05) is 26.2 Å². The molecular formula is C16H33ClN2O. The van der Waals surface area contributed by atoms with Gasteiger partial charge in [0, 0.05) is 18.5 Å². The predicted octanol–water partition coefficient (Wildman–Crippen LogP) is 3.33. The van der Waals surface area contributed by atoms with Gasteiger partial charge in [0.05, 0.1) is 0 Å². The number of likely N-dealkylation sites (tertiary alicyclic amines) is 1. The number of rotatable bonds is 6. The van der Waals surface area contributed by atoms with Gasteiger partial charge in [0.25, 0.3) is 0 Å². The van der Waals surface area contributed by atoms with Crippen LogP contribution in [0.25, 0.3) is 0 Å². The molecule has 4 heteroatoms. The number of hydrogen-bond donors (Lipinski definition) is 1. The minimum atomic E-state index is -0.206. The highest BCUT2D eigenvalue weighted by Gasteiger charge is 2.34. The molecule has 0 atom stereocenters. The Labute approximate surface area is 131 Å². The van der Waals surface area contributed by atoms with E-state index in [-0.39, 0.29) is 17.8 Å². The van der Waals surface area contributed by atoms with Crippen LogP contribution in [0.4, 0.5) is 0 Å². The lowest BCUT2D eigenvalue weighted by atomic mass is 9.82. The summed E-state index contributed by atoms with van der Waals surface area (Å²) in [6.07, 6.45) is 3.27. The number of halogens is 1. The van der Waals surface area contributed by atoms with Gasteiger partial charge in [-0.05, 0) is 44.2 Å². The third-order valence-corrected chi connectivity index (χ3v) is 4.08. The molecule has 3 nitrogen and oxygen atoms in total. The van der Waals surface area contributed by atoms with Gasteiger partial charge in [0.15, 0.2) is 0 Å². The monoisotopic (exact) mass is 304 g/mol. The fourth-order valence-electron chi connectivity index (χ4n) is 3.22. The molecule has 1 aliphatic heterocycles. The van der Waals surface area contributed by atoms with E-state index in [1.165, 1.54) is 0 Å². The van der Waals surface area contributed by atoms with Crippen molar-refractivity contribution < 1.29 is 4.79 Å². The van der Waals surface area contributed by atoms with Gasteiger partial charge in [-0.3, -0.25) is 4.79 Å². The normalized spacial score (nSPS) is 17.2. The Hall–Kier alpha value is -0.280. The molecule has 0 saturated carbocycles. The standard InChI is InChI=1S/C16H32N2O.ClH/c1-6-17-12-14-7-9-18(10-8-14)15(19)16(4,5)11-13(2)3;/h13-14,17H,6-12H2,1-5H3;1H. The van der Waals surface area contributed by atoms with Crippen LogP contribution in [0.15, 0.2) is 0 Å². The van der Waals surface area contributed by atoms with E-state index >= 15 is 0 Å². The summed E-state index contributed by atoms with van der Waals surface area (Å²) in [5.74, 6) is 1.67. The molecule has 1 aliphatic rings. The molecule has 1 fully saturated rings. The molecule has 20 heavy (non-hydrogen) atoms. The van der Waals surface area contributed by atoms with Crippen LogP contribution in [0.2, 0.25) is 0 Å². The summed E-state index contributed by atoms with van der Waals surface area (Å²) in [5, 5.41) is 3.41. The Morgan fingerprint density at radius 2 is 1.85 bits per heavy atom. The number of nitrogens with one attached hydrogen (secondary N) is 1. The number of nitrogens with zero attached hydrogens (tertiary/aromatic N) is 1. The number of amides is 1. The third-order valence-electron chi connectivity index (χ3n) is 4.08. The van der Waals surface area contributed by atoms with E-state index in [0.29, 0.717) is 11.8 Å². The Bertz CT molecular complexity index is 284. The summed E-state index contributed by atoms with van der Waals surface area (Å²) in [4.78, 5) is 14.7. The molecule has 1 saturated heterocycles. The summed E-state index contributed by atoms with van der Waals surface area (Å²) in [6.45, 7) is 14.8. The molecule has 0 unspecified atom stereocenters. The molecule has 1 rings (SSSR count). The van der Waals surface area contributed by atoms with Crippen LogP contribution in [0.3, 0.4) is 0 Å². The highest BCUT2D eigenvalue weighted by Crippen LogP contribution is 2.29. The molecule has 1 N–H and O–H groups in total. The van der Waals surface area contributed by atoms with Crippen LogP contribution in [0, 0.1) is 17.3 Å². The van der Waals surface area contributed by atoms with E-state index in [1.54, 1.807) is 0 Å². The van der Waals surface area contributed by atoms with Crippen LogP contribution in [0.5, 0.6) is 0 Å². The number of carbonyl (C=O) groups is 1. The Morgan fingerprint density at radius 1 is 1.30 bits per heavy atom. The maximum atomic E-state index is 12.6. The summed E-state index contributed by atoms with van der Waals surface area (Å²) >= 11 is 0. The van der Waals surface area contributed by atoms with Gasteiger partial charge in [-0.1, -0.05) is 34.6 Å². The first-order valence-corrected chi connectivity index (χ1v) is 7.87. The molecule has 0 bridgehead atoms. The summed E-state index contributed by atoms with van der Waals surface area (Å²) in [6, 6.07) is 0. The zero-order chi connectivity index (χ0) is 14.5. The first-order valence-electron chi connectivity index (χ1n) is 7.87. The van der Waals surface area contributed by atoms with Gasteiger partial charge in [0.2, 0.25) is 5.91 Å². The summed E-state index contributed by atoms with van der Waals surface area (Å²) < 4.78 is 0. The lowest BCUT2D eigenvalue weighted by Crippen LogP contribution is -2.46. The maximum absolute atomic E-state index is 12.6. The van der Waals surface area contributed by atoms with Gasteiger partial charge in [-0.2, -0.15) is 0 Å². The average molecular weight is 305 g/mol. The van der Waals surface area contributed by atoms with E-state index in [0.717, 1.165) is 51.4 Å². The zero-order valence-corrected chi connectivity index (χ0v) is 14.7. The van der Waals surface area contributed by atoms with Gasteiger partial charge in [-0.25, -0.2) is 0 Å². The minimum Gasteiger partial charge on any atom is -0.342 e. The molecular weight excluding hydrogens is 272 g/mol. The van der Waals surface area contributed by atoms with Crippen molar-refractivity contribution in [2.24, 2.45) is 17.3 Å². The van der Waals surface area contributed by atoms with Crippen molar-refractivity contribution in [3.63, 3.8) is 0 Å². The highest BCUT2D eigenvalue weighted by atomic mass is 35.5. The van der Waals surface area contributed by atoms with Crippen LogP contribution >= 0.6 is 12.4 Å². The molecule has 0 aromatic heterocycles. The van der Waals surface area contributed by atoms with Crippen LogP contribution < -0.4 is 5.32 Å². The van der Waals surface area contributed by atoms with E-state index in [2.05, 4.69) is 44.8 Å². The van der Waals surface area contributed by atoms with Gasteiger partial charge < -0.3 is 10.2 Å². The van der Waals surface area contributed by atoms with Crippen LogP contribution in [0.1, 0.15) is 53.9 Å². The Morgan fingerprint density at radius 3 is 2.30 bits per heavy atom. The second kappa shape index (κ2) is 8.89. The van der Waals surface area contributed by atoms with Crippen molar-refractivity contribution in [3.8, 4) is 0 Å². The summed E-state index contributed by atoms with van der Waals surface area (Å²) in [5.41, 5.74) is -0.206. The molecule has 0 radical (unpaired) electrons. The SMILES string of the molecule is CCNCC1CCN(C(=O)C(C)(C)CC(C)C)CC1.Cl. The van der Waals surface area contributed by atoms with E-state index in [9.17, 15) is 4.79 Å². The first kappa shape index (κ1) is 19.7. The molecule has 0 aliphatic carbocycles. The molecule has 0 aromatic carbocycles. The molecule has 0 aromatic rings. The summed E-state index contributed by atoms with van der Waals surface area (Å²) in [7, 11) is 0. The molecule has 120 valence electrons. The predicted molar refractivity (Wildman–Crippen MR) is 88.3 cm³/mol. The van der Waals surface area contributed by atoms with Crippen molar-refractivity contribution in [1.29, 1.82) is 0 Å². The van der Waals surface area contributed by atoms with E-state index in [4.69, 9.17) is 0 Å². The van der Waals surface area contributed by atoms with Crippen molar-refractivity contribution in [3.05, 3.63) is 0 Å². The zero-order valence-electron chi connectivity index (χ0n) is 13.9. The molecule has 1 amide bonds. The van der Waals surface area contributed by atoms with Crippen molar-refractivity contribution in [1.82, 2.24) is 10.2 Å². The lowest BCUT2D eigenvalue weighted by Gasteiger charge is -2.37. The lowest BCUT2D eigenvalue weighted by molar-refractivity contribution is -0.142. The fraction of sp³-hybridized carbons (Fsp3) is 0.938. The molecule has 0 spiro atoms. The Balaban J connectivity index is 0.00000361. The fourth-order valence-corrected chi connectivity index (χ4v) is 3.22. The number of piperidine rings is 1. The minimum absolute atomic E-state index is 0. The van der Waals surface area contributed by atoms with Crippen LogP contribution in [-0.2, 0) is 4.79 Å². The molecule has 1 heterocycles. The highest BCUT2D eigenvalue weighted by molar-refractivity contribution is 5.85. The smallest absolute Gasteiger partial charge is 0.228 e. The third kappa shape index (κ3) is 6.01. The van der Waals surface area contributed by atoms with Crippen molar-refractivity contribution >= 4 is 18.3 Å². The quantitative estimate of drug-likeness (QED) is 0.816. The second-order valence-electron chi connectivity index (χ2n) is 7.03. The average Bonchev–Trinajstić information content (AvgIpc) is 2.34. The van der Waals surface area contributed by atoms with E-state index in [1.807, 2.05) is 0 Å². The Kier molecular flexibility index (Phi) is 8.76. The van der Waals surface area contributed by atoms with Gasteiger partial charge in [0.1, 0.15) is 0 Å². The van der Waals surface area contributed by atoms with Crippen molar-refractivity contribution in [2.45, 2.75) is 53.9 Å². The second-order valence-corrected chi connectivity index (χ2v) is 7.03. The first-order chi connectivity index (χ1) is 8.86.